The van der Waals surface area contributed by atoms with Crippen LogP contribution in [0, 0.1) is 29.3 Å². The molecule has 2 aromatic carbocycles. The van der Waals surface area contributed by atoms with Crippen LogP contribution >= 0.6 is 23.8 Å². The molecular formula is C33H39ClF3N5O3S. The third-order valence-corrected chi connectivity index (χ3v) is 9.63. The molecular weight excluding hydrogens is 639 g/mol. The van der Waals surface area contributed by atoms with E-state index in [1.54, 1.807) is 6.92 Å². The lowest BCUT2D eigenvalue weighted by Crippen LogP contribution is -2.67. The zero-order valence-electron chi connectivity index (χ0n) is 26.2. The smallest absolute Gasteiger partial charge is 0.246 e. The van der Waals surface area contributed by atoms with Crippen LogP contribution in [0.1, 0.15) is 63.8 Å². The van der Waals surface area contributed by atoms with Gasteiger partial charge in [-0.1, -0.05) is 70.4 Å². The third kappa shape index (κ3) is 7.49. The lowest BCUT2D eigenvalue weighted by Gasteiger charge is -2.40. The van der Waals surface area contributed by atoms with Crippen LogP contribution in [-0.2, 0) is 33.6 Å². The molecule has 0 saturated heterocycles. The minimum atomic E-state index is -1.53. The summed E-state index contributed by atoms with van der Waals surface area (Å²) in [4.78, 5) is 44.7. The van der Waals surface area contributed by atoms with Gasteiger partial charge in [-0.3, -0.25) is 14.4 Å². The van der Waals surface area contributed by atoms with E-state index in [2.05, 4.69) is 20.9 Å². The number of amides is 3. The maximum Gasteiger partial charge on any atom is 0.246 e. The Bertz CT molecular complexity index is 1670. The van der Waals surface area contributed by atoms with Gasteiger partial charge < -0.3 is 26.7 Å². The first-order valence-electron chi connectivity index (χ1n) is 15.3. The molecule has 0 saturated carbocycles. The van der Waals surface area contributed by atoms with E-state index in [0.717, 1.165) is 11.8 Å². The molecule has 46 heavy (non-hydrogen) atoms. The van der Waals surface area contributed by atoms with Crippen LogP contribution in [0.15, 0.2) is 30.3 Å². The fourth-order valence-corrected chi connectivity index (χ4v) is 6.46. The molecule has 13 heteroatoms. The summed E-state index contributed by atoms with van der Waals surface area (Å²) in [7, 11) is 0. The van der Waals surface area contributed by atoms with Crippen LogP contribution in [0.2, 0.25) is 5.02 Å². The minimum Gasteiger partial charge on any atom is -0.392 e. The molecule has 8 nitrogen and oxygen atoms in total. The number of aromatic amines is 1. The van der Waals surface area contributed by atoms with Gasteiger partial charge in [-0.25, -0.2) is 13.2 Å². The number of carbonyl (C=O) groups is 3. The Hall–Kier alpha value is -3.64. The summed E-state index contributed by atoms with van der Waals surface area (Å²) in [6.07, 6.45) is 1.21. The van der Waals surface area contributed by atoms with E-state index >= 15 is 0 Å². The van der Waals surface area contributed by atoms with E-state index in [-0.39, 0.29) is 40.3 Å². The Morgan fingerprint density at radius 2 is 1.70 bits per heavy atom. The average Bonchev–Trinajstić information content (AvgIpc) is 3.36. The number of nitrogens with one attached hydrogen (secondary N) is 4. The number of benzene rings is 2. The lowest BCUT2D eigenvalue weighted by molar-refractivity contribution is -0.137. The Labute approximate surface area is 276 Å². The van der Waals surface area contributed by atoms with Gasteiger partial charge >= 0.3 is 0 Å². The van der Waals surface area contributed by atoms with E-state index < -0.39 is 59.2 Å². The molecule has 1 aromatic heterocycles. The Morgan fingerprint density at radius 3 is 2.33 bits per heavy atom. The molecule has 0 bridgehead atoms. The van der Waals surface area contributed by atoms with Gasteiger partial charge in [0.25, 0.3) is 0 Å². The van der Waals surface area contributed by atoms with Gasteiger partial charge in [0.2, 0.25) is 17.7 Å². The van der Waals surface area contributed by atoms with Gasteiger partial charge in [0.15, 0.2) is 0 Å². The van der Waals surface area contributed by atoms with E-state index in [0.29, 0.717) is 41.8 Å². The van der Waals surface area contributed by atoms with Crippen LogP contribution in [0.4, 0.5) is 13.2 Å². The molecule has 3 amide bonds. The number of thiocarbonyl (C=S) groups is 1. The largest absolute Gasteiger partial charge is 0.392 e. The molecule has 3 aromatic rings. The van der Waals surface area contributed by atoms with Crippen LogP contribution in [-0.4, -0.2) is 45.3 Å². The molecule has 0 spiro atoms. The van der Waals surface area contributed by atoms with Crippen molar-refractivity contribution in [3.05, 3.63) is 69.6 Å². The van der Waals surface area contributed by atoms with Crippen molar-refractivity contribution in [3.8, 4) is 0 Å². The molecule has 0 aliphatic heterocycles. The molecule has 0 radical (unpaired) electrons. The summed E-state index contributed by atoms with van der Waals surface area (Å²) in [6, 6.07) is 3.69. The topological polar surface area (TPSA) is 129 Å². The average molecular weight is 678 g/mol. The number of fused-ring (bicyclic) bond motifs is 3. The second-order valence-corrected chi connectivity index (χ2v) is 13.1. The number of hydrogen-bond acceptors (Lipinski definition) is 4. The summed E-state index contributed by atoms with van der Waals surface area (Å²) in [6.45, 7) is 7.45. The standard InChI is InChI=1S/C33H39ClF3N5O3S/c1-5-16(3)27(30(38)46)41-32(45)33(10-9-25-22(15-33)21-12-20(36)13-23(34)29(21)39-25)42-31(44)28(17(4)6-2)40-26(43)11-18-7-8-19(35)14-24(18)37/h7-8,12-14,16-17,27-28,39H,5-6,9-11,15H2,1-4H3,(H2,38,46)(H,40,43)(H,41,45)(H,42,44)/t16?,17?,27-,28-,33+/m0/s1. The first-order valence-corrected chi connectivity index (χ1v) is 16.1. The molecule has 4 rings (SSSR count). The summed E-state index contributed by atoms with van der Waals surface area (Å²) in [5.41, 5.74) is 6.37. The molecule has 6 N–H and O–H groups in total. The Kier molecular flexibility index (Phi) is 11.0. The number of rotatable bonds is 12. The summed E-state index contributed by atoms with van der Waals surface area (Å²) < 4.78 is 42.2. The monoisotopic (exact) mass is 677 g/mol. The highest BCUT2D eigenvalue weighted by Gasteiger charge is 2.46. The molecule has 248 valence electrons. The molecule has 0 fully saturated rings. The van der Waals surface area contributed by atoms with Gasteiger partial charge in [-0.05, 0) is 54.0 Å². The van der Waals surface area contributed by atoms with E-state index in [1.807, 2.05) is 20.8 Å². The highest BCUT2D eigenvalue weighted by molar-refractivity contribution is 7.80. The number of hydrogen-bond donors (Lipinski definition) is 5. The second kappa shape index (κ2) is 14.4. The van der Waals surface area contributed by atoms with Gasteiger partial charge in [-0.15, -0.1) is 0 Å². The van der Waals surface area contributed by atoms with Gasteiger partial charge in [0, 0.05) is 23.6 Å². The number of halogens is 4. The predicted molar refractivity (Wildman–Crippen MR) is 176 cm³/mol. The highest BCUT2D eigenvalue weighted by atomic mass is 35.5. The summed E-state index contributed by atoms with van der Waals surface area (Å²) in [5, 5.41) is 9.27. The fraction of sp³-hybridized carbons (Fsp3) is 0.455. The van der Waals surface area contributed by atoms with Crippen molar-refractivity contribution in [2.75, 3.05) is 0 Å². The van der Waals surface area contributed by atoms with Crippen LogP contribution in [0.25, 0.3) is 10.9 Å². The second-order valence-electron chi connectivity index (χ2n) is 12.2. The van der Waals surface area contributed by atoms with Crippen molar-refractivity contribution < 1.29 is 27.6 Å². The number of aromatic nitrogens is 1. The maximum absolute atomic E-state index is 14.5. The van der Waals surface area contributed by atoms with E-state index in [9.17, 15) is 27.6 Å². The summed E-state index contributed by atoms with van der Waals surface area (Å²) >= 11 is 11.6. The van der Waals surface area contributed by atoms with Crippen molar-refractivity contribution in [2.45, 2.75) is 83.8 Å². The quantitative estimate of drug-likeness (QED) is 0.169. The fourth-order valence-electron chi connectivity index (χ4n) is 5.92. The zero-order valence-corrected chi connectivity index (χ0v) is 27.7. The number of carbonyl (C=O) groups excluding carboxylic acids is 3. The van der Waals surface area contributed by atoms with Gasteiger partial charge in [-0.2, -0.15) is 0 Å². The van der Waals surface area contributed by atoms with E-state index in [4.69, 9.17) is 29.6 Å². The van der Waals surface area contributed by atoms with Crippen molar-refractivity contribution in [1.29, 1.82) is 0 Å². The SMILES string of the molecule is CCC(C)[C@H](NC(=O)Cc1ccc(F)cc1F)C(=O)N[C@]1(C(=O)N[C@H](C(N)=S)C(C)CC)CCc2[nH]c3c(Cl)cc(F)cc3c2C1. The van der Waals surface area contributed by atoms with E-state index in [1.165, 1.54) is 18.2 Å². The minimum absolute atomic E-state index is 0.00773. The van der Waals surface area contributed by atoms with Crippen LogP contribution in [0.5, 0.6) is 0 Å². The van der Waals surface area contributed by atoms with Crippen molar-refractivity contribution >= 4 is 57.4 Å². The predicted octanol–water partition coefficient (Wildman–Crippen LogP) is 5.17. The van der Waals surface area contributed by atoms with Crippen molar-refractivity contribution in [3.63, 3.8) is 0 Å². The number of aryl methyl sites for hydroxylation is 1. The van der Waals surface area contributed by atoms with Crippen LogP contribution < -0.4 is 21.7 Å². The lowest BCUT2D eigenvalue weighted by atomic mass is 9.78. The molecule has 2 unspecified atom stereocenters. The molecule has 1 heterocycles. The Balaban J connectivity index is 1.70. The maximum atomic E-state index is 14.5. The number of H-pyrrole nitrogens is 1. The third-order valence-electron chi connectivity index (χ3n) is 9.08. The van der Waals surface area contributed by atoms with Crippen molar-refractivity contribution in [2.24, 2.45) is 17.6 Å². The molecule has 5 atom stereocenters. The Morgan fingerprint density at radius 1 is 1.02 bits per heavy atom. The van der Waals surface area contributed by atoms with Crippen LogP contribution in [0.3, 0.4) is 0 Å². The first-order chi connectivity index (χ1) is 21.7. The highest BCUT2D eigenvalue weighted by Crippen LogP contribution is 2.37. The van der Waals surface area contributed by atoms with Gasteiger partial charge in [0.1, 0.15) is 29.0 Å². The normalized spacial score (nSPS) is 18.6. The zero-order chi connectivity index (χ0) is 33.9. The molecule has 1 aliphatic carbocycles. The van der Waals surface area contributed by atoms with Crippen molar-refractivity contribution in [1.82, 2.24) is 20.9 Å². The van der Waals surface area contributed by atoms with Gasteiger partial charge in [0.05, 0.1) is 28.0 Å². The molecule has 1 aliphatic rings. The number of nitrogens with two attached hydrogens (primary N) is 1. The first kappa shape index (κ1) is 35.2. The summed E-state index contributed by atoms with van der Waals surface area (Å²) in [5.74, 6) is -4.49.